The summed E-state index contributed by atoms with van der Waals surface area (Å²) in [4.78, 5) is 22.3. The smallest absolute Gasteiger partial charge is 0.325 e. The monoisotopic (exact) mass is 257 g/mol. The van der Waals surface area contributed by atoms with Gasteiger partial charge in [0.15, 0.2) is 0 Å². The minimum Gasteiger partial charge on any atom is -0.480 e. The van der Waals surface area contributed by atoms with E-state index < -0.39 is 12.0 Å². The highest BCUT2D eigenvalue weighted by atomic mass is 16.4. The molecule has 0 saturated carbocycles. The maximum atomic E-state index is 11.7. The lowest BCUT2D eigenvalue weighted by molar-refractivity contribution is -0.141. The average Bonchev–Trinajstić information content (AvgIpc) is 2.38. The van der Waals surface area contributed by atoms with E-state index in [-0.39, 0.29) is 12.3 Å². The number of fused-ring (bicyclic) bond motifs is 1. The minimum atomic E-state index is -1.04. The van der Waals surface area contributed by atoms with E-state index in [0.717, 1.165) is 16.3 Å². The Balaban J connectivity index is 2.09. The third kappa shape index (κ3) is 3.31. The molecule has 1 amide bonds. The lowest BCUT2D eigenvalue weighted by Crippen LogP contribution is -2.39. The van der Waals surface area contributed by atoms with Crippen molar-refractivity contribution < 1.29 is 14.7 Å². The van der Waals surface area contributed by atoms with Gasteiger partial charge in [-0.1, -0.05) is 42.5 Å². The second-order valence-corrected chi connectivity index (χ2v) is 4.49. The molecule has 2 aromatic carbocycles. The summed E-state index contributed by atoms with van der Waals surface area (Å²) in [6.07, 6.45) is 0.183. The van der Waals surface area contributed by atoms with Gasteiger partial charge in [0.1, 0.15) is 6.04 Å². The maximum absolute atomic E-state index is 11.7. The number of amides is 1. The van der Waals surface area contributed by atoms with Gasteiger partial charge in [-0.05, 0) is 23.3 Å². The predicted molar refractivity (Wildman–Crippen MR) is 72.9 cm³/mol. The molecular formula is C15H15NO3. The van der Waals surface area contributed by atoms with Crippen LogP contribution in [0.3, 0.4) is 0 Å². The Hall–Kier alpha value is -2.36. The fourth-order valence-electron chi connectivity index (χ4n) is 1.89. The van der Waals surface area contributed by atoms with Gasteiger partial charge in [0.25, 0.3) is 0 Å². The molecule has 2 rings (SSSR count). The average molecular weight is 257 g/mol. The standard InChI is InChI=1S/C15H15NO3/c1-10(15(18)19)16-14(17)9-11-6-7-12-4-2-3-5-13(12)8-11/h2-8,10H,9H2,1H3,(H,16,17)(H,18,19). The van der Waals surface area contributed by atoms with Crippen molar-refractivity contribution in [2.24, 2.45) is 0 Å². The Labute approximate surface area is 111 Å². The molecule has 4 heteroatoms. The van der Waals surface area contributed by atoms with Crippen LogP contribution in [0.15, 0.2) is 42.5 Å². The molecule has 0 radical (unpaired) electrons. The molecule has 2 N–H and O–H groups in total. The van der Waals surface area contributed by atoms with Crippen LogP contribution in [-0.4, -0.2) is 23.0 Å². The third-order valence-electron chi connectivity index (χ3n) is 2.93. The number of carbonyl (C=O) groups is 2. The number of benzene rings is 2. The summed E-state index contributed by atoms with van der Waals surface area (Å²) < 4.78 is 0. The van der Waals surface area contributed by atoms with Crippen LogP contribution < -0.4 is 5.32 Å². The van der Waals surface area contributed by atoms with Crippen LogP contribution >= 0.6 is 0 Å². The molecule has 0 bridgehead atoms. The summed E-state index contributed by atoms with van der Waals surface area (Å²) in [7, 11) is 0. The molecular weight excluding hydrogens is 242 g/mol. The summed E-state index contributed by atoms with van der Waals surface area (Å²) in [5.74, 6) is -1.32. The van der Waals surface area contributed by atoms with E-state index in [0.29, 0.717) is 0 Å². The fraction of sp³-hybridized carbons (Fsp3) is 0.200. The van der Waals surface area contributed by atoms with E-state index in [2.05, 4.69) is 5.32 Å². The van der Waals surface area contributed by atoms with Crippen LogP contribution in [0.1, 0.15) is 12.5 Å². The second-order valence-electron chi connectivity index (χ2n) is 4.49. The van der Waals surface area contributed by atoms with Crippen molar-refractivity contribution in [2.75, 3.05) is 0 Å². The largest absolute Gasteiger partial charge is 0.480 e. The normalized spacial score (nSPS) is 12.1. The fourth-order valence-corrected chi connectivity index (χ4v) is 1.89. The number of nitrogens with one attached hydrogen (secondary N) is 1. The zero-order valence-electron chi connectivity index (χ0n) is 10.6. The molecule has 0 aliphatic rings. The number of carbonyl (C=O) groups excluding carboxylic acids is 1. The molecule has 0 spiro atoms. The summed E-state index contributed by atoms with van der Waals surface area (Å²) in [6.45, 7) is 1.45. The first-order chi connectivity index (χ1) is 9.06. The van der Waals surface area contributed by atoms with E-state index in [1.54, 1.807) is 0 Å². The molecule has 0 aliphatic carbocycles. The topological polar surface area (TPSA) is 66.4 Å². The maximum Gasteiger partial charge on any atom is 0.325 e. The van der Waals surface area contributed by atoms with E-state index in [1.165, 1.54) is 6.92 Å². The van der Waals surface area contributed by atoms with E-state index in [4.69, 9.17) is 5.11 Å². The molecule has 4 nitrogen and oxygen atoms in total. The van der Waals surface area contributed by atoms with E-state index in [1.807, 2.05) is 42.5 Å². The van der Waals surface area contributed by atoms with Gasteiger partial charge >= 0.3 is 5.97 Å². The highest BCUT2D eigenvalue weighted by Crippen LogP contribution is 2.15. The second kappa shape index (κ2) is 5.52. The Morgan fingerprint density at radius 3 is 2.53 bits per heavy atom. The molecule has 98 valence electrons. The molecule has 0 heterocycles. The number of carboxylic acid groups (broad SMARTS) is 1. The molecule has 0 saturated heterocycles. The predicted octanol–water partition coefficient (Wildman–Crippen LogP) is 1.97. The number of aliphatic carboxylic acids is 1. The van der Waals surface area contributed by atoms with Crippen molar-refractivity contribution in [3.8, 4) is 0 Å². The minimum absolute atomic E-state index is 0.183. The van der Waals surface area contributed by atoms with Crippen LogP contribution in [0.2, 0.25) is 0 Å². The molecule has 0 aromatic heterocycles. The summed E-state index contributed by atoms with van der Waals surface area (Å²) in [5.41, 5.74) is 0.869. The van der Waals surface area contributed by atoms with Crippen LogP contribution in [0, 0.1) is 0 Å². The number of carboxylic acids is 1. The first-order valence-corrected chi connectivity index (χ1v) is 6.06. The van der Waals surface area contributed by atoms with Crippen LogP contribution in [-0.2, 0) is 16.0 Å². The number of hydrogen-bond donors (Lipinski definition) is 2. The van der Waals surface area contributed by atoms with Crippen molar-refractivity contribution in [2.45, 2.75) is 19.4 Å². The van der Waals surface area contributed by atoms with Gasteiger partial charge in [0, 0.05) is 0 Å². The highest BCUT2D eigenvalue weighted by molar-refractivity contribution is 5.87. The van der Waals surface area contributed by atoms with Gasteiger partial charge in [0.05, 0.1) is 6.42 Å². The van der Waals surface area contributed by atoms with Gasteiger partial charge in [-0.2, -0.15) is 0 Å². The van der Waals surface area contributed by atoms with Crippen molar-refractivity contribution in [1.29, 1.82) is 0 Å². The Morgan fingerprint density at radius 1 is 1.16 bits per heavy atom. The van der Waals surface area contributed by atoms with Gasteiger partial charge in [-0.3, -0.25) is 9.59 Å². The zero-order valence-corrected chi connectivity index (χ0v) is 10.6. The van der Waals surface area contributed by atoms with Crippen molar-refractivity contribution in [3.05, 3.63) is 48.0 Å². The quantitative estimate of drug-likeness (QED) is 0.880. The van der Waals surface area contributed by atoms with Crippen molar-refractivity contribution in [1.82, 2.24) is 5.32 Å². The Kier molecular flexibility index (Phi) is 3.80. The lowest BCUT2D eigenvalue weighted by Gasteiger charge is -2.09. The van der Waals surface area contributed by atoms with Crippen LogP contribution in [0.25, 0.3) is 10.8 Å². The Bertz CT molecular complexity index is 622. The SMILES string of the molecule is CC(NC(=O)Cc1ccc2ccccc2c1)C(=O)O. The molecule has 2 aromatic rings. The van der Waals surface area contributed by atoms with Gasteiger partial charge in [-0.25, -0.2) is 0 Å². The highest BCUT2D eigenvalue weighted by Gasteiger charge is 2.13. The van der Waals surface area contributed by atoms with E-state index in [9.17, 15) is 9.59 Å². The molecule has 0 aliphatic heterocycles. The summed E-state index contributed by atoms with van der Waals surface area (Å²) >= 11 is 0. The molecule has 19 heavy (non-hydrogen) atoms. The molecule has 0 fully saturated rings. The number of hydrogen-bond acceptors (Lipinski definition) is 2. The summed E-state index contributed by atoms with van der Waals surface area (Å²) in [6, 6.07) is 12.8. The first-order valence-electron chi connectivity index (χ1n) is 6.06. The van der Waals surface area contributed by atoms with Gasteiger partial charge in [-0.15, -0.1) is 0 Å². The van der Waals surface area contributed by atoms with Gasteiger partial charge < -0.3 is 10.4 Å². The third-order valence-corrected chi connectivity index (χ3v) is 2.93. The van der Waals surface area contributed by atoms with Crippen LogP contribution in [0.5, 0.6) is 0 Å². The molecule has 1 atom stereocenters. The lowest BCUT2D eigenvalue weighted by atomic mass is 10.0. The zero-order chi connectivity index (χ0) is 13.8. The summed E-state index contributed by atoms with van der Waals surface area (Å²) in [5, 5.41) is 13.3. The van der Waals surface area contributed by atoms with Gasteiger partial charge in [0.2, 0.25) is 5.91 Å². The van der Waals surface area contributed by atoms with E-state index >= 15 is 0 Å². The van der Waals surface area contributed by atoms with Crippen molar-refractivity contribution >= 4 is 22.6 Å². The Morgan fingerprint density at radius 2 is 1.84 bits per heavy atom. The molecule has 1 unspecified atom stereocenters. The van der Waals surface area contributed by atoms with Crippen LogP contribution in [0.4, 0.5) is 0 Å². The number of rotatable bonds is 4. The first kappa shape index (κ1) is 13.1. The van der Waals surface area contributed by atoms with Crippen molar-refractivity contribution in [3.63, 3.8) is 0 Å².